The van der Waals surface area contributed by atoms with Gasteiger partial charge in [0.1, 0.15) is 0 Å². The second-order valence-electron chi connectivity index (χ2n) is 3.93. The molecule has 0 fully saturated rings. The largest absolute Gasteiger partial charge is 0.393 e. The summed E-state index contributed by atoms with van der Waals surface area (Å²) in [5.41, 5.74) is 0. The van der Waals surface area contributed by atoms with Gasteiger partial charge in [-0.2, -0.15) is 0 Å². The molecule has 0 unspecified atom stereocenters. The van der Waals surface area contributed by atoms with Crippen LogP contribution in [0, 0.1) is 0 Å². The number of rotatable bonds is 5. The fourth-order valence-corrected chi connectivity index (χ4v) is 1.06. The van der Waals surface area contributed by atoms with Gasteiger partial charge >= 0.3 is 5.97 Å². The summed E-state index contributed by atoms with van der Waals surface area (Å²) >= 11 is 0. The van der Waals surface area contributed by atoms with Crippen LogP contribution in [0.25, 0.3) is 0 Å². The van der Waals surface area contributed by atoms with E-state index in [0.29, 0.717) is 12.6 Å². The van der Waals surface area contributed by atoms with Gasteiger partial charge in [0, 0.05) is 27.1 Å². The fourth-order valence-electron chi connectivity index (χ4n) is 1.06. The first kappa shape index (κ1) is 14.9. The predicted molar refractivity (Wildman–Crippen MR) is 65.5 cm³/mol. The monoisotopic (exact) mass is 229 g/mol. The average molecular weight is 229 g/mol. The van der Waals surface area contributed by atoms with Crippen molar-refractivity contribution in [1.29, 1.82) is 0 Å². The van der Waals surface area contributed by atoms with Gasteiger partial charge < -0.3 is 14.5 Å². The Balaban J connectivity index is 4.16. The zero-order valence-electron chi connectivity index (χ0n) is 11.0. The molecule has 16 heavy (non-hydrogen) atoms. The lowest BCUT2D eigenvalue weighted by Gasteiger charge is -2.17. The maximum absolute atomic E-state index is 10.9. The van der Waals surface area contributed by atoms with Crippen LogP contribution in [0.1, 0.15) is 20.3 Å². The molecule has 0 aromatic heterocycles. The molecule has 0 rings (SSSR count). The van der Waals surface area contributed by atoms with E-state index in [1.54, 1.807) is 0 Å². The Labute approximate surface area is 98.1 Å². The van der Waals surface area contributed by atoms with Gasteiger partial charge in [0.25, 0.3) is 6.02 Å². The molecule has 0 aromatic rings. The average Bonchev–Trinajstić information content (AvgIpc) is 2.20. The van der Waals surface area contributed by atoms with Crippen LogP contribution in [0.2, 0.25) is 0 Å². The van der Waals surface area contributed by atoms with Crippen molar-refractivity contribution in [2.24, 2.45) is 4.99 Å². The highest BCUT2D eigenvalue weighted by atomic mass is 16.6. The third-order valence-electron chi connectivity index (χ3n) is 2.05. The predicted octanol–water partition coefficient (Wildman–Crippen LogP) is 0.809. The van der Waals surface area contributed by atoms with E-state index in [4.69, 9.17) is 4.74 Å². The van der Waals surface area contributed by atoms with E-state index >= 15 is 0 Å². The van der Waals surface area contributed by atoms with Crippen LogP contribution in [0.4, 0.5) is 0 Å². The van der Waals surface area contributed by atoms with Gasteiger partial charge in [-0.1, -0.05) is 0 Å². The van der Waals surface area contributed by atoms with Crippen molar-refractivity contribution in [1.82, 2.24) is 9.80 Å². The van der Waals surface area contributed by atoms with E-state index in [1.165, 1.54) is 6.92 Å². The number of aliphatic imine (C=N–C) groups is 1. The summed E-state index contributed by atoms with van der Waals surface area (Å²) in [6, 6.07) is 0.411. The van der Waals surface area contributed by atoms with Gasteiger partial charge in [-0.3, -0.25) is 4.79 Å². The summed E-state index contributed by atoms with van der Waals surface area (Å²) in [5, 5.41) is 0. The van der Waals surface area contributed by atoms with E-state index in [0.717, 1.165) is 19.5 Å². The van der Waals surface area contributed by atoms with E-state index < -0.39 is 0 Å². The normalized spacial score (nSPS) is 11.8. The van der Waals surface area contributed by atoms with E-state index in [-0.39, 0.29) is 5.97 Å². The standard InChI is InChI=1S/C11H23N3O2/c1-6-14(5)11(16-10(2)15)12-8-7-9-13(3)4/h6-9H2,1-5H3. The number of hydrogen-bond donors (Lipinski definition) is 0. The van der Waals surface area contributed by atoms with Crippen molar-refractivity contribution in [3.05, 3.63) is 0 Å². The molecule has 5 heteroatoms. The summed E-state index contributed by atoms with van der Waals surface area (Å²) in [5.74, 6) is -0.327. The number of carbonyl (C=O) groups excluding carboxylic acids is 1. The van der Waals surface area contributed by atoms with E-state index in [9.17, 15) is 4.79 Å². The molecule has 0 bridgehead atoms. The van der Waals surface area contributed by atoms with Crippen LogP contribution in [0.3, 0.4) is 0 Å². The lowest BCUT2D eigenvalue weighted by Crippen LogP contribution is -2.30. The van der Waals surface area contributed by atoms with Crippen molar-refractivity contribution in [2.75, 3.05) is 40.8 Å². The molecule has 0 aromatic carbocycles. The summed E-state index contributed by atoms with van der Waals surface area (Å²) < 4.78 is 5.03. The van der Waals surface area contributed by atoms with Gasteiger partial charge in [0.05, 0.1) is 0 Å². The number of ether oxygens (including phenoxy) is 1. The second-order valence-corrected chi connectivity index (χ2v) is 3.93. The first-order valence-corrected chi connectivity index (χ1v) is 5.56. The summed E-state index contributed by atoms with van der Waals surface area (Å²) in [6.45, 7) is 5.79. The molecule has 0 amide bonds. The van der Waals surface area contributed by atoms with E-state index in [1.807, 2.05) is 33.0 Å². The summed E-state index contributed by atoms with van der Waals surface area (Å²) in [4.78, 5) is 19.1. The van der Waals surface area contributed by atoms with Crippen LogP contribution >= 0.6 is 0 Å². The topological polar surface area (TPSA) is 45.1 Å². The molecule has 0 heterocycles. The van der Waals surface area contributed by atoms with Crippen LogP contribution < -0.4 is 0 Å². The number of carbonyl (C=O) groups is 1. The smallest absolute Gasteiger partial charge is 0.310 e. The summed E-state index contributed by atoms with van der Waals surface area (Å²) in [7, 11) is 5.90. The molecule has 0 spiro atoms. The van der Waals surface area contributed by atoms with Crippen LogP contribution in [0.15, 0.2) is 4.99 Å². The quantitative estimate of drug-likeness (QED) is 0.303. The van der Waals surface area contributed by atoms with Crippen LogP contribution in [-0.4, -0.2) is 62.6 Å². The second kappa shape index (κ2) is 8.10. The fraction of sp³-hybridized carbons (Fsp3) is 0.818. The Hall–Kier alpha value is -1.10. The molecule has 5 nitrogen and oxygen atoms in total. The molecule has 0 aliphatic carbocycles. The Kier molecular flexibility index (Phi) is 7.54. The highest BCUT2D eigenvalue weighted by molar-refractivity contribution is 5.86. The molecule has 0 radical (unpaired) electrons. The molecule has 0 saturated carbocycles. The number of esters is 1. The molecule has 0 aliphatic heterocycles. The van der Waals surface area contributed by atoms with Crippen molar-refractivity contribution in [2.45, 2.75) is 20.3 Å². The minimum atomic E-state index is -0.327. The number of nitrogens with zero attached hydrogens (tertiary/aromatic N) is 3. The molecule has 0 atom stereocenters. The molecule has 94 valence electrons. The molecule has 0 N–H and O–H groups in total. The molecular weight excluding hydrogens is 206 g/mol. The SMILES string of the molecule is CCN(C)C(=NCCCN(C)C)OC(C)=O. The minimum Gasteiger partial charge on any atom is -0.393 e. The van der Waals surface area contributed by atoms with Crippen LogP contribution in [0.5, 0.6) is 0 Å². The third-order valence-corrected chi connectivity index (χ3v) is 2.05. The number of amidine groups is 1. The highest BCUT2D eigenvalue weighted by Crippen LogP contribution is 1.94. The first-order valence-electron chi connectivity index (χ1n) is 5.56. The van der Waals surface area contributed by atoms with Gasteiger partial charge in [-0.05, 0) is 34.0 Å². The summed E-state index contributed by atoms with van der Waals surface area (Å²) in [6.07, 6.45) is 0.954. The van der Waals surface area contributed by atoms with Crippen molar-refractivity contribution < 1.29 is 9.53 Å². The Morgan fingerprint density at radius 3 is 2.38 bits per heavy atom. The van der Waals surface area contributed by atoms with Gasteiger partial charge in [-0.25, -0.2) is 4.99 Å². The molecule has 0 aliphatic rings. The minimum absolute atomic E-state index is 0.327. The Bertz CT molecular complexity index is 239. The zero-order chi connectivity index (χ0) is 12.6. The van der Waals surface area contributed by atoms with Crippen LogP contribution in [-0.2, 0) is 9.53 Å². The lowest BCUT2D eigenvalue weighted by molar-refractivity contribution is -0.133. The van der Waals surface area contributed by atoms with Crippen molar-refractivity contribution >= 4 is 12.0 Å². The Morgan fingerprint density at radius 1 is 1.31 bits per heavy atom. The van der Waals surface area contributed by atoms with Gasteiger partial charge in [0.2, 0.25) is 0 Å². The lowest BCUT2D eigenvalue weighted by atomic mass is 10.4. The highest BCUT2D eigenvalue weighted by Gasteiger charge is 2.08. The van der Waals surface area contributed by atoms with Crippen molar-refractivity contribution in [3.8, 4) is 0 Å². The number of hydrogen-bond acceptors (Lipinski definition) is 4. The maximum Gasteiger partial charge on any atom is 0.310 e. The molecule has 0 saturated heterocycles. The first-order chi connectivity index (χ1) is 7.47. The van der Waals surface area contributed by atoms with Gasteiger partial charge in [-0.15, -0.1) is 0 Å². The Morgan fingerprint density at radius 2 is 1.94 bits per heavy atom. The van der Waals surface area contributed by atoms with E-state index in [2.05, 4.69) is 9.89 Å². The van der Waals surface area contributed by atoms with Gasteiger partial charge in [0.15, 0.2) is 0 Å². The molecular formula is C11H23N3O2. The zero-order valence-corrected chi connectivity index (χ0v) is 11.0. The van der Waals surface area contributed by atoms with Crippen molar-refractivity contribution in [3.63, 3.8) is 0 Å². The maximum atomic E-state index is 10.9. The third kappa shape index (κ3) is 7.23.